The fourth-order valence-electron chi connectivity index (χ4n) is 3.41. The molecule has 2 amide bonds. The summed E-state index contributed by atoms with van der Waals surface area (Å²) in [6.07, 6.45) is 3.61. The molecule has 0 fully saturated rings. The molecule has 0 spiro atoms. The van der Waals surface area contributed by atoms with Crippen LogP contribution in [0.4, 0.5) is 9.39 Å². The first-order valence-corrected chi connectivity index (χ1v) is 11.0. The Morgan fingerprint density at radius 1 is 1.16 bits per heavy atom. The van der Waals surface area contributed by atoms with Crippen molar-refractivity contribution in [2.75, 3.05) is 39.3 Å². The number of methoxy groups -OCH3 is 2. The lowest BCUT2D eigenvalue weighted by atomic mass is 9.95. The number of nitrogens with one attached hydrogen (secondary N) is 2. The number of carbonyl (C=O) groups excluding carboxylic acids is 3. The highest BCUT2D eigenvalue weighted by Crippen LogP contribution is 2.38. The molecular formula is C22H25FN2O6S. The first kappa shape index (κ1) is 23.7. The summed E-state index contributed by atoms with van der Waals surface area (Å²) in [6, 6.07) is 3.70. The molecule has 2 aromatic rings. The van der Waals surface area contributed by atoms with Crippen LogP contribution in [0.2, 0.25) is 0 Å². The van der Waals surface area contributed by atoms with Gasteiger partial charge in [0.1, 0.15) is 16.6 Å². The first-order chi connectivity index (χ1) is 15.4. The lowest BCUT2D eigenvalue weighted by molar-refractivity contribution is -0.119. The van der Waals surface area contributed by atoms with Gasteiger partial charge in [-0.25, -0.2) is 9.18 Å². The summed E-state index contributed by atoms with van der Waals surface area (Å²) in [4.78, 5) is 38.4. The van der Waals surface area contributed by atoms with Gasteiger partial charge in [-0.05, 0) is 43.4 Å². The number of esters is 1. The zero-order chi connectivity index (χ0) is 23.1. The molecule has 10 heteroatoms. The van der Waals surface area contributed by atoms with Crippen LogP contribution in [0.5, 0.6) is 5.75 Å². The minimum Gasteiger partial charge on any atom is -0.497 e. The van der Waals surface area contributed by atoms with E-state index in [0.29, 0.717) is 23.7 Å². The van der Waals surface area contributed by atoms with Crippen molar-refractivity contribution in [1.29, 1.82) is 0 Å². The maximum absolute atomic E-state index is 14.0. The van der Waals surface area contributed by atoms with Crippen LogP contribution in [0.25, 0.3) is 0 Å². The second-order valence-corrected chi connectivity index (χ2v) is 8.24. The third-order valence-electron chi connectivity index (χ3n) is 4.97. The van der Waals surface area contributed by atoms with Crippen molar-refractivity contribution in [3.8, 4) is 5.75 Å². The first-order valence-electron chi connectivity index (χ1n) is 10.2. The Bertz CT molecular complexity index is 1010. The maximum Gasteiger partial charge on any atom is 0.341 e. The molecule has 0 unspecified atom stereocenters. The number of thiophene rings is 1. The number of rotatable bonds is 9. The molecule has 0 radical (unpaired) electrons. The predicted octanol–water partition coefficient (Wildman–Crippen LogP) is 2.95. The molecule has 0 saturated carbocycles. The van der Waals surface area contributed by atoms with Crippen molar-refractivity contribution in [2.45, 2.75) is 25.7 Å². The average molecular weight is 465 g/mol. The largest absolute Gasteiger partial charge is 0.497 e. The number of anilines is 1. The van der Waals surface area contributed by atoms with E-state index in [1.54, 1.807) is 7.11 Å². The maximum atomic E-state index is 14.0. The minimum atomic E-state index is -0.969. The van der Waals surface area contributed by atoms with Gasteiger partial charge in [0.05, 0.1) is 24.8 Å². The molecule has 32 heavy (non-hydrogen) atoms. The second-order valence-electron chi connectivity index (χ2n) is 7.13. The number of ether oxygens (including phenoxy) is 3. The van der Waals surface area contributed by atoms with E-state index in [9.17, 15) is 18.8 Å². The van der Waals surface area contributed by atoms with Gasteiger partial charge in [0, 0.05) is 24.6 Å². The number of hydrogen-bond acceptors (Lipinski definition) is 7. The highest BCUT2D eigenvalue weighted by atomic mass is 32.1. The molecule has 0 saturated heterocycles. The molecule has 1 aromatic heterocycles. The van der Waals surface area contributed by atoms with Crippen molar-refractivity contribution in [3.05, 3.63) is 45.6 Å². The molecule has 1 aliphatic rings. The van der Waals surface area contributed by atoms with E-state index < -0.39 is 24.3 Å². The van der Waals surface area contributed by atoms with Crippen LogP contribution < -0.4 is 15.4 Å². The molecule has 0 bridgehead atoms. The zero-order valence-corrected chi connectivity index (χ0v) is 18.7. The Labute approximate surface area is 189 Å². The van der Waals surface area contributed by atoms with Gasteiger partial charge in [-0.3, -0.25) is 9.59 Å². The van der Waals surface area contributed by atoms with Crippen LogP contribution in [-0.4, -0.2) is 51.8 Å². The summed E-state index contributed by atoms with van der Waals surface area (Å²) in [6.45, 7) is 0.105. The van der Waals surface area contributed by atoms with Gasteiger partial charge in [-0.1, -0.05) is 0 Å². The van der Waals surface area contributed by atoms with Gasteiger partial charge in [-0.15, -0.1) is 11.3 Å². The Hall–Kier alpha value is -2.98. The molecule has 1 heterocycles. The SMILES string of the molecule is COCCNC(=O)c1c(NC(=O)COC(=O)c2ccc(OC)cc2F)sc2c1CCCC2. The number of aryl methyl sites for hydroxylation is 1. The van der Waals surface area contributed by atoms with E-state index in [-0.39, 0.29) is 17.2 Å². The van der Waals surface area contributed by atoms with Crippen LogP contribution in [0.1, 0.15) is 44.0 Å². The van der Waals surface area contributed by atoms with Crippen LogP contribution >= 0.6 is 11.3 Å². The highest BCUT2D eigenvalue weighted by Gasteiger charge is 2.26. The Morgan fingerprint density at radius 3 is 2.66 bits per heavy atom. The van der Waals surface area contributed by atoms with Crippen LogP contribution in [0.15, 0.2) is 18.2 Å². The standard InChI is InChI=1S/C22H25FN2O6S/c1-29-10-9-24-20(27)19-15-5-3-4-6-17(15)32-21(19)25-18(26)12-31-22(28)14-8-7-13(30-2)11-16(14)23/h7-8,11H,3-6,9-10,12H2,1-2H3,(H,24,27)(H,25,26). The molecule has 2 N–H and O–H groups in total. The van der Waals surface area contributed by atoms with Gasteiger partial charge >= 0.3 is 5.97 Å². The zero-order valence-electron chi connectivity index (χ0n) is 17.9. The van der Waals surface area contributed by atoms with Gasteiger partial charge in [0.2, 0.25) is 0 Å². The Morgan fingerprint density at radius 2 is 1.94 bits per heavy atom. The monoisotopic (exact) mass is 464 g/mol. The lowest BCUT2D eigenvalue weighted by Crippen LogP contribution is -2.29. The third kappa shape index (κ3) is 5.63. The summed E-state index contributed by atoms with van der Waals surface area (Å²) in [5.41, 5.74) is 1.09. The fraction of sp³-hybridized carbons (Fsp3) is 0.409. The van der Waals surface area contributed by atoms with E-state index in [4.69, 9.17) is 14.2 Å². The summed E-state index contributed by atoms with van der Waals surface area (Å²) >= 11 is 1.36. The van der Waals surface area contributed by atoms with E-state index in [1.807, 2.05) is 0 Å². The number of hydrogen-bond donors (Lipinski definition) is 2. The van der Waals surface area contributed by atoms with E-state index in [1.165, 1.54) is 30.6 Å². The van der Waals surface area contributed by atoms with Gasteiger partial charge in [-0.2, -0.15) is 0 Å². The Kier molecular flexibility index (Phi) is 8.18. The normalized spacial score (nSPS) is 12.6. The fourth-order valence-corrected chi connectivity index (χ4v) is 4.71. The summed E-state index contributed by atoms with van der Waals surface area (Å²) in [7, 11) is 2.93. The summed E-state index contributed by atoms with van der Waals surface area (Å²) in [5, 5.41) is 5.89. The van der Waals surface area contributed by atoms with Gasteiger partial charge in [0.25, 0.3) is 11.8 Å². The highest BCUT2D eigenvalue weighted by molar-refractivity contribution is 7.17. The van der Waals surface area contributed by atoms with Crippen molar-refractivity contribution in [2.24, 2.45) is 0 Å². The number of amides is 2. The number of fused-ring (bicyclic) bond motifs is 1. The molecule has 8 nitrogen and oxygen atoms in total. The molecular weight excluding hydrogens is 439 g/mol. The minimum absolute atomic E-state index is 0.259. The van der Waals surface area contributed by atoms with E-state index in [0.717, 1.165) is 42.2 Å². The number of halogens is 1. The quantitative estimate of drug-likeness (QED) is 0.437. The third-order valence-corrected chi connectivity index (χ3v) is 6.18. The predicted molar refractivity (Wildman–Crippen MR) is 117 cm³/mol. The van der Waals surface area contributed by atoms with Crippen LogP contribution in [0.3, 0.4) is 0 Å². The van der Waals surface area contributed by atoms with E-state index in [2.05, 4.69) is 10.6 Å². The summed E-state index contributed by atoms with van der Waals surface area (Å²) in [5.74, 6) is -2.42. The van der Waals surface area contributed by atoms with Crippen LogP contribution in [0, 0.1) is 5.82 Å². The summed E-state index contributed by atoms with van der Waals surface area (Å²) < 4.78 is 28.8. The molecule has 3 rings (SSSR count). The second kappa shape index (κ2) is 11.1. The molecule has 1 aliphatic carbocycles. The van der Waals surface area contributed by atoms with Gasteiger partial charge in [0.15, 0.2) is 6.61 Å². The molecule has 0 aliphatic heterocycles. The van der Waals surface area contributed by atoms with Crippen molar-refractivity contribution < 1.29 is 33.0 Å². The number of benzene rings is 1. The Balaban J connectivity index is 1.67. The molecule has 172 valence electrons. The number of carbonyl (C=O) groups is 3. The van der Waals surface area contributed by atoms with Crippen molar-refractivity contribution in [1.82, 2.24) is 5.32 Å². The molecule has 0 atom stereocenters. The topological polar surface area (TPSA) is 103 Å². The van der Waals surface area contributed by atoms with Gasteiger partial charge < -0.3 is 24.8 Å². The van der Waals surface area contributed by atoms with Crippen LogP contribution in [-0.2, 0) is 27.1 Å². The average Bonchev–Trinajstić information content (AvgIpc) is 3.15. The van der Waals surface area contributed by atoms with E-state index >= 15 is 0 Å². The molecule has 1 aromatic carbocycles. The van der Waals surface area contributed by atoms with Crippen molar-refractivity contribution in [3.63, 3.8) is 0 Å². The lowest BCUT2D eigenvalue weighted by Gasteiger charge is -2.13. The smallest absolute Gasteiger partial charge is 0.341 e. The van der Waals surface area contributed by atoms with Crippen molar-refractivity contribution >= 4 is 34.1 Å².